The fourth-order valence-corrected chi connectivity index (χ4v) is 2.33. The van der Waals surface area contributed by atoms with Crippen molar-refractivity contribution in [3.63, 3.8) is 0 Å². The predicted molar refractivity (Wildman–Crippen MR) is 85.1 cm³/mol. The lowest BCUT2D eigenvalue weighted by atomic mass is 9.97. The molecule has 0 bridgehead atoms. The van der Waals surface area contributed by atoms with Crippen LogP contribution in [0, 0.1) is 0 Å². The Hall–Kier alpha value is -1.58. The van der Waals surface area contributed by atoms with E-state index in [0.717, 1.165) is 25.2 Å². The number of nitrogens with zero attached hydrogens (tertiary/aromatic N) is 2. The fourth-order valence-electron chi connectivity index (χ4n) is 2.33. The van der Waals surface area contributed by atoms with Crippen molar-refractivity contribution in [3.8, 4) is 0 Å². The maximum absolute atomic E-state index is 4.49. The van der Waals surface area contributed by atoms with Crippen molar-refractivity contribution in [1.29, 1.82) is 0 Å². The van der Waals surface area contributed by atoms with Gasteiger partial charge in [0.15, 0.2) is 0 Å². The molecule has 0 aromatic carbocycles. The van der Waals surface area contributed by atoms with Gasteiger partial charge in [-0.2, -0.15) is 4.98 Å². The van der Waals surface area contributed by atoms with Crippen molar-refractivity contribution in [3.05, 3.63) is 23.9 Å². The minimum absolute atomic E-state index is 0.401. The van der Waals surface area contributed by atoms with Crippen LogP contribution >= 0.6 is 0 Å². The Morgan fingerprint density at radius 3 is 3.00 bits per heavy atom. The minimum atomic E-state index is 0.401. The molecule has 1 aromatic heterocycles. The van der Waals surface area contributed by atoms with Crippen molar-refractivity contribution in [2.45, 2.75) is 58.4 Å². The molecule has 1 aromatic rings. The van der Waals surface area contributed by atoms with Gasteiger partial charge in [-0.25, -0.2) is 4.98 Å². The van der Waals surface area contributed by atoms with Crippen LogP contribution in [0.15, 0.2) is 23.9 Å². The molecule has 1 heterocycles. The monoisotopic (exact) mass is 274 g/mol. The molecule has 1 aliphatic carbocycles. The Morgan fingerprint density at radius 1 is 1.35 bits per heavy atom. The summed E-state index contributed by atoms with van der Waals surface area (Å²) in [6, 6.07) is 2.33. The van der Waals surface area contributed by atoms with Gasteiger partial charge in [0.05, 0.1) is 0 Å². The second kappa shape index (κ2) is 7.88. The van der Waals surface area contributed by atoms with Gasteiger partial charge in [0.25, 0.3) is 0 Å². The second-order valence-electron chi connectivity index (χ2n) is 5.50. The van der Waals surface area contributed by atoms with Crippen LogP contribution in [-0.2, 0) is 0 Å². The van der Waals surface area contributed by atoms with Gasteiger partial charge < -0.3 is 10.6 Å². The summed E-state index contributed by atoms with van der Waals surface area (Å²) in [5, 5.41) is 6.69. The molecule has 0 saturated heterocycles. The first-order valence-electron chi connectivity index (χ1n) is 7.79. The SMILES string of the molecule is CCC(C)Nc1nccc(NCCC2=CCCCC2)n1. The molecule has 2 rings (SSSR count). The highest BCUT2D eigenvalue weighted by molar-refractivity contribution is 5.40. The molecule has 0 saturated carbocycles. The van der Waals surface area contributed by atoms with Crippen LogP contribution in [0.5, 0.6) is 0 Å². The summed E-state index contributed by atoms with van der Waals surface area (Å²) in [5.74, 6) is 1.61. The molecule has 110 valence electrons. The summed E-state index contributed by atoms with van der Waals surface area (Å²) in [6.07, 6.45) is 11.6. The molecule has 0 spiro atoms. The smallest absolute Gasteiger partial charge is 0.224 e. The lowest BCUT2D eigenvalue weighted by Crippen LogP contribution is -2.16. The van der Waals surface area contributed by atoms with E-state index in [0.29, 0.717) is 12.0 Å². The number of hydrogen-bond acceptors (Lipinski definition) is 4. The van der Waals surface area contributed by atoms with Gasteiger partial charge in [-0.1, -0.05) is 18.6 Å². The van der Waals surface area contributed by atoms with E-state index in [2.05, 4.69) is 40.5 Å². The van der Waals surface area contributed by atoms with Crippen molar-refractivity contribution >= 4 is 11.8 Å². The van der Waals surface area contributed by atoms with Gasteiger partial charge in [0.1, 0.15) is 5.82 Å². The maximum Gasteiger partial charge on any atom is 0.224 e. The topological polar surface area (TPSA) is 49.8 Å². The third kappa shape index (κ3) is 4.83. The zero-order chi connectivity index (χ0) is 14.2. The Bertz CT molecular complexity index is 442. The summed E-state index contributed by atoms with van der Waals surface area (Å²) in [5.41, 5.74) is 1.59. The molecule has 1 aliphatic rings. The van der Waals surface area contributed by atoms with Gasteiger partial charge in [0, 0.05) is 18.8 Å². The van der Waals surface area contributed by atoms with E-state index >= 15 is 0 Å². The highest BCUT2D eigenvalue weighted by Crippen LogP contribution is 2.20. The highest BCUT2D eigenvalue weighted by Gasteiger charge is 2.05. The first-order valence-corrected chi connectivity index (χ1v) is 7.79. The molecule has 0 fully saturated rings. The summed E-state index contributed by atoms with van der Waals surface area (Å²) >= 11 is 0. The molecule has 4 heteroatoms. The van der Waals surface area contributed by atoms with Gasteiger partial charge >= 0.3 is 0 Å². The first kappa shape index (κ1) is 14.8. The zero-order valence-electron chi connectivity index (χ0n) is 12.7. The van der Waals surface area contributed by atoms with Crippen LogP contribution in [0.1, 0.15) is 52.4 Å². The van der Waals surface area contributed by atoms with Crippen LogP contribution in [-0.4, -0.2) is 22.6 Å². The van der Waals surface area contributed by atoms with E-state index in [1.165, 1.54) is 25.7 Å². The number of rotatable bonds is 7. The lowest BCUT2D eigenvalue weighted by molar-refractivity contribution is 0.679. The third-order valence-electron chi connectivity index (χ3n) is 3.78. The van der Waals surface area contributed by atoms with Crippen molar-refractivity contribution in [2.24, 2.45) is 0 Å². The summed E-state index contributed by atoms with van der Waals surface area (Å²) < 4.78 is 0. The highest BCUT2D eigenvalue weighted by atomic mass is 15.1. The fraction of sp³-hybridized carbons (Fsp3) is 0.625. The van der Waals surface area contributed by atoms with Gasteiger partial charge in [-0.15, -0.1) is 0 Å². The third-order valence-corrected chi connectivity index (χ3v) is 3.78. The summed E-state index contributed by atoms with van der Waals surface area (Å²) in [6.45, 7) is 5.24. The van der Waals surface area contributed by atoms with Crippen molar-refractivity contribution in [2.75, 3.05) is 17.2 Å². The number of aromatic nitrogens is 2. The van der Waals surface area contributed by atoms with Crippen LogP contribution in [0.3, 0.4) is 0 Å². The summed E-state index contributed by atoms with van der Waals surface area (Å²) in [7, 11) is 0. The lowest BCUT2D eigenvalue weighted by Gasteiger charge is -2.14. The van der Waals surface area contributed by atoms with Crippen LogP contribution < -0.4 is 10.6 Å². The minimum Gasteiger partial charge on any atom is -0.370 e. The van der Waals surface area contributed by atoms with E-state index in [1.807, 2.05) is 6.07 Å². The van der Waals surface area contributed by atoms with Crippen molar-refractivity contribution in [1.82, 2.24) is 9.97 Å². The average molecular weight is 274 g/mol. The van der Waals surface area contributed by atoms with E-state index in [4.69, 9.17) is 0 Å². The number of anilines is 2. The van der Waals surface area contributed by atoms with Gasteiger partial charge in [0.2, 0.25) is 5.95 Å². The Balaban J connectivity index is 1.80. The molecule has 0 aliphatic heterocycles. The number of nitrogens with one attached hydrogen (secondary N) is 2. The van der Waals surface area contributed by atoms with E-state index in [-0.39, 0.29) is 0 Å². The van der Waals surface area contributed by atoms with Crippen molar-refractivity contribution < 1.29 is 0 Å². The zero-order valence-corrected chi connectivity index (χ0v) is 12.7. The number of hydrogen-bond donors (Lipinski definition) is 2. The standard InChI is InChI=1S/C16H26N4/c1-3-13(2)19-16-18-12-10-15(20-16)17-11-9-14-7-5-4-6-8-14/h7,10,12-13H,3-6,8-9,11H2,1-2H3,(H2,17,18,19,20). The molecule has 20 heavy (non-hydrogen) atoms. The van der Waals surface area contributed by atoms with Crippen LogP contribution in [0.25, 0.3) is 0 Å². The molecule has 1 atom stereocenters. The Kier molecular flexibility index (Phi) is 5.84. The number of allylic oxidation sites excluding steroid dienone is 1. The predicted octanol–water partition coefficient (Wildman–Crippen LogP) is 3.99. The van der Waals surface area contributed by atoms with E-state index < -0.39 is 0 Å². The van der Waals surface area contributed by atoms with E-state index in [1.54, 1.807) is 11.8 Å². The molecule has 2 N–H and O–H groups in total. The van der Waals surface area contributed by atoms with Crippen LogP contribution in [0.4, 0.5) is 11.8 Å². The molecule has 0 amide bonds. The normalized spacial score (nSPS) is 16.4. The van der Waals surface area contributed by atoms with Gasteiger partial charge in [-0.05, 0) is 51.5 Å². The maximum atomic E-state index is 4.49. The second-order valence-corrected chi connectivity index (χ2v) is 5.50. The van der Waals surface area contributed by atoms with Crippen LogP contribution in [0.2, 0.25) is 0 Å². The Morgan fingerprint density at radius 2 is 2.25 bits per heavy atom. The first-order chi connectivity index (χ1) is 9.78. The average Bonchev–Trinajstić information content (AvgIpc) is 2.48. The molecular weight excluding hydrogens is 248 g/mol. The quantitative estimate of drug-likeness (QED) is 0.738. The van der Waals surface area contributed by atoms with E-state index in [9.17, 15) is 0 Å². The largest absolute Gasteiger partial charge is 0.370 e. The molecular formula is C16H26N4. The van der Waals surface area contributed by atoms with Gasteiger partial charge in [-0.3, -0.25) is 0 Å². The molecule has 1 unspecified atom stereocenters. The Labute approximate surface area is 122 Å². The molecule has 0 radical (unpaired) electrons. The summed E-state index contributed by atoms with van der Waals surface area (Å²) in [4.78, 5) is 8.74. The molecule has 4 nitrogen and oxygen atoms in total.